The van der Waals surface area contributed by atoms with Crippen LogP contribution in [0.4, 0.5) is 5.82 Å². The molecule has 0 aromatic carbocycles. The predicted octanol–water partition coefficient (Wildman–Crippen LogP) is 1.73. The summed E-state index contributed by atoms with van der Waals surface area (Å²) < 4.78 is 0. The van der Waals surface area contributed by atoms with Gasteiger partial charge in [0, 0.05) is 36.7 Å². The number of hydrazine groups is 1. The molecule has 2 rings (SSSR count). The number of nitrogens with two attached hydrogens (primary N) is 1. The lowest BCUT2D eigenvalue weighted by molar-refractivity contribution is 0.0752. The third-order valence-electron chi connectivity index (χ3n) is 3.14. The maximum atomic E-state index is 12.6. The van der Waals surface area contributed by atoms with E-state index in [-0.39, 0.29) is 5.91 Å². The third-order valence-corrected chi connectivity index (χ3v) is 3.14. The van der Waals surface area contributed by atoms with Crippen LogP contribution in [0.2, 0.25) is 0 Å². The van der Waals surface area contributed by atoms with Crippen molar-refractivity contribution in [3.8, 4) is 0 Å². The van der Waals surface area contributed by atoms with E-state index in [1.807, 2.05) is 26.0 Å². The number of nitrogens with zero attached hydrogens (tertiary/aromatic N) is 3. The van der Waals surface area contributed by atoms with Crippen molar-refractivity contribution >= 4 is 11.7 Å². The van der Waals surface area contributed by atoms with E-state index in [9.17, 15) is 4.79 Å². The molecule has 2 heterocycles. The second-order valence-electron chi connectivity index (χ2n) is 4.70. The fourth-order valence-electron chi connectivity index (χ4n) is 2.08. The summed E-state index contributed by atoms with van der Waals surface area (Å²) in [6, 6.07) is 7.23. The van der Waals surface area contributed by atoms with E-state index in [2.05, 4.69) is 15.4 Å². The van der Waals surface area contributed by atoms with Gasteiger partial charge in [0.05, 0.1) is 0 Å². The van der Waals surface area contributed by atoms with E-state index < -0.39 is 0 Å². The standard InChI is InChI=1S/C15H19N5O/c1-3-20(10-12-4-6-17-7-5-12)15(21)13-8-11(2)18-14(9-13)19-16/h4-9H,3,10,16H2,1-2H3,(H,18,19). The van der Waals surface area contributed by atoms with Gasteiger partial charge >= 0.3 is 0 Å². The van der Waals surface area contributed by atoms with Crippen LogP contribution < -0.4 is 11.3 Å². The van der Waals surface area contributed by atoms with E-state index >= 15 is 0 Å². The van der Waals surface area contributed by atoms with Gasteiger partial charge in [-0.1, -0.05) is 0 Å². The molecule has 110 valence electrons. The predicted molar refractivity (Wildman–Crippen MR) is 81.4 cm³/mol. The van der Waals surface area contributed by atoms with Crippen LogP contribution in [0.5, 0.6) is 0 Å². The Hall–Kier alpha value is -2.47. The molecule has 0 fully saturated rings. The number of aryl methyl sites for hydroxylation is 1. The fourth-order valence-corrected chi connectivity index (χ4v) is 2.08. The highest BCUT2D eigenvalue weighted by atomic mass is 16.2. The average Bonchev–Trinajstić information content (AvgIpc) is 2.52. The lowest BCUT2D eigenvalue weighted by Crippen LogP contribution is -2.30. The SMILES string of the molecule is CCN(Cc1ccncc1)C(=O)c1cc(C)nc(NN)c1. The lowest BCUT2D eigenvalue weighted by Gasteiger charge is -2.21. The highest BCUT2D eigenvalue weighted by Crippen LogP contribution is 2.13. The number of rotatable bonds is 5. The molecule has 21 heavy (non-hydrogen) atoms. The van der Waals surface area contributed by atoms with Crippen molar-refractivity contribution in [1.29, 1.82) is 0 Å². The molecule has 1 amide bonds. The van der Waals surface area contributed by atoms with Crippen LogP contribution in [-0.4, -0.2) is 27.3 Å². The number of nitrogens with one attached hydrogen (secondary N) is 1. The van der Waals surface area contributed by atoms with Crippen LogP contribution in [0.3, 0.4) is 0 Å². The number of hydrogen-bond donors (Lipinski definition) is 2. The number of carbonyl (C=O) groups is 1. The number of nitrogen functional groups attached to an aromatic ring is 1. The van der Waals surface area contributed by atoms with Crippen molar-refractivity contribution < 1.29 is 4.79 Å². The van der Waals surface area contributed by atoms with Crippen molar-refractivity contribution in [2.45, 2.75) is 20.4 Å². The van der Waals surface area contributed by atoms with Crippen molar-refractivity contribution in [2.24, 2.45) is 5.84 Å². The summed E-state index contributed by atoms with van der Waals surface area (Å²) in [5.74, 6) is 5.82. The second-order valence-corrected chi connectivity index (χ2v) is 4.70. The number of aromatic nitrogens is 2. The van der Waals surface area contributed by atoms with Crippen LogP contribution in [-0.2, 0) is 6.54 Å². The zero-order valence-corrected chi connectivity index (χ0v) is 12.2. The lowest BCUT2D eigenvalue weighted by atomic mass is 10.1. The molecular formula is C15H19N5O. The molecule has 0 bridgehead atoms. The monoisotopic (exact) mass is 285 g/mol. The van der Waals surface area contributed by atoms with Crippen LogP contribution in [0.15, 0.2) is 36.7 Å². The molecule has 0 aliphatic carbocycles. The normalized spacial score (nSPS) is 10.2. The molecule has 6 nitrogen and oxygen atoms in total. The average molecular weight is 285 g/mol. The highest BCUT2D eigenvalue weighted by molar-refractivity contribution is 5.95. The molecule has 0 atom stereocenters. The van der Waals surface area contributed by atoms with Crippen LogP contribution in [0.25, 0.3) is 0 Å². The zero-order chi connectivity index (χ0) is 15.2. The molecule has 0 unspecified atom stereocenters. The van der Waals surface area contributed by atoms with E-state index in [4.69, 9.17) is 5.84 Å². The molecule has 0 saturated heterocycles. The molecule has 3 N–H and O–H groups in total. The number of anilines is 1. The summed E-state index contributed by atoms with van der Waals surface area (Å²) in [5.41, 5.74) is 4.84. The number of carbonyl (C=O) groups excluding carboxylic acids is 1. The van der Waals surface area contributed by atoms with Gasteiger partial charge in [-0.3, -0.25) is 9.78 Å². The fraction of sp³-hybridized carbons (Fsp3) is 0.267. The van der Waals surface area contributed by atoms with E-state index in [1.54, 1.807) is 29.4 Å². The van der Waals surface area contributed by atoms with Crippen molar-refractivity contribution in [3.63, 3.8) is 0 Å². The number of amides is 1. The van der Waals surface area contributed by atoms with Gasteiger partial charge in [-0.05, 0) is 43.7 Å². The van der Waals surface area contributed by atoms with Gasteiger partial charge < -0.3 is 10.3 Å². The minimum absolute atomic E-state index is 0.0451. The molecular weight excluding hydrogens is 266 g/mol. The van der Waals surface area contributed by atoms with Gasteiger partial charge in [0.1, 0.15) is 5.82 Å². The molecule has 0 saturated carbocycles. The second kappa shape index (κ2) is 6.81. The Balaban J connectivity index is 2.22. The molecule has 6 heteroatoms. The Labute approximate surface area is 124 Å². The van der Waals surface area contributed by atoms with Crippen molar-refractivity contribution in [1.82, 2.24) is 14.9 Å². The Morgan fingerprint density at radius 1 is 1.33 bits per heavy atom. The van der Waals surface area contributed by atoms with E-state index in [0.717, 1.165) is 11.3 Å². The summed E-state index contributed by atoms with van der Waals surface area (Å²) >= 11 is 0. The van der Waals surface area contributed by atoms with Gasteiger partial charge in [0.15, 0.2) is 0 Å². The van der Waals surface area contributed by atoms with Gasteiger partial charge in [0.25, 0.3) is 5.91 Å². The summed E-state index contributed by atoms with van der Waals surface area (Å²) in [7, 11) is 0. The van der Waals surface area contributed by atoms with Crippen LogP contribution in [0, 0.1) is 6.92 Å². The molecule has 2 aromatic rings. The van der Waals surface area contributed by atoms with Gasteiger partial charge in [-0.15, -0.1) is 0 Å². The van der Waals surface area contributed by atoms with Crippen molar-refractivity contribution in [2.75, 3.05) is 12.0 Å². The van der Waals surface area contributed by atoms with Crippen LogP contribution >= 0.6 is 0 Å². The first-order chi connectivity index (χ1) is 10.1. The first-order valence-electron chi connectivity index (χ1n) is 6.77. The van der Waals surface area contributed by atoms with Gasteiger partial charge in [0.2, 0.25) is 0 Å². The Bertz CT molecular complexity index is 615. The maximum absolute atomic E-state index is 12.6. The minimum atomic E-state index is -0.0451. The summed E-state index contributed by atoms with van der Waals surface area (Å²) in [6.45, 7) is 4.95. The number of hydrogen-bond acceptors (Lipinski definition) is 5. The topological polar surface area (TPSA) is 84.1 Å². The third kappa shape index (κ3) is 3.76. The van der Waals surface area contributed by atoms with Crippen LogP contribution in [0.1, 0.15) is 28.5 Å². The Kier molecular flexibility index (Phi) is 4.84. The summed E-state index contributed by atoms with van der Waals surface area (Å²) in [4.78, 5) is 22.6. The Morgan fingerprint density at radius 2 is 2.05 bits per heavy atom. The molecule has 2 aromatic heterocycles. The highest BCUT2D eigenvalue weighted by Gasteiger charge is 2.16. The molecule has 0 spiro atoms. The first-order valence-corrected chi connectivity index (χ1v) is 6.77. The maximum Gasteiger partial charge on any atom is 0.254 e. The Morgan fingerprint density at radius 3 is 2.67 bits per heavy atom. The largest absolute Gasteiger partial charge is 0.335 e. The van der Waals surface area contributed by atoms with E-state index in [0.29, 0.717) is 24.5 Å². The van der Waals surface area contributed by atoms with E-state index in [1.165, 1.54) is 0 Å². The minimum Gasteiger partial charge on any atom is -0.335 e. The summed E-state index contributed by atoms with van der Waals surface area (Å²) in [5, 5.41) is 0. The molecule has 0 aliphatic rings. The number of pyridine rings is 2. The molecule has 0 radical (unpaired) electrons. The molecule has 0 aliphatic heterocycles. The van der Waals surface area contributed by atoms with Gasteiger partial charge in [-0.25, -0.2) is 10.8 Å². The zero-order valence-electron chi connectivity index (χ0n) is 12.2. The first kappa shape index (κ1) is 14.9. The summed E-state index contributed by atoms with van der Waals surface area (Å²) in [6.07, 6.45) is 3.45. The quantitative estimate of drug-likeness (QED) is 0.645. The van der Waals surface area contributed by atoms with Crippen molar-refractivity contribution in [3.05, 3.63) is 53.5 Å². The smallest absolute Gasteiger partial charge is 0.254 e. The van der Waals surface area contributed by atoms with Gasteiger partial charge in [-0.2, -0.15) is 0 Å².